The summed E-state index contributed by atoms with van der Waals surface area (Å²) >= 11 is 5.78. The number of hydrogen-bond donors (Lipinski definition) is 0. The van der Waals surface area contributed by atoms with Gasteiger partial charge in [-0.1, -0.05) is 47.5 Å². The summed E-state index contributed by atoms with van der Waals surface area (Å²) in [6.07, 6.45) is 3.40. The van der Waals surface area contributed by atoms with Gasteiger partial charge in [0.1, 0.15) is 0 Å². The summed E-state index contributed by atoms with van der Waals surface area (Å²) in [4.78, 5) is 11.9. The van der Waals surface area contributed by atoms with Crippen LogP contribution in [0, 0.1) is 6.92 Å². The van der Waals surface area contributed by atoms with Crippen LogP contribution in [-0.4, -0.2) is 5.78 Å². The molecule has 90 valence electrons. The smallest absolute Gasteiger partial charge is 0.185 e. The molecular formula is C16H13ClO. The van der Waals surface area contributed by atoms with E-state index in [2.05, 4.69) is 0 Å². The molecule has 0 unspecified atom stereocenters. The lowest BCUT2D eigenvalue weighted by Gasteiger charge is -1.97. The minimum Gasteiger partial charge on any atom is -0.289 e. The molecule has 0 amide bonds. The van der Waals surface area contributed by atoms with Gasteiger partial charge in [0.15, 0.2) is 5.78 Å². The molecule has 0 aliphatic rings. The Balaban J connectivity index is 2.14. The van der Waals surface area contributed by atoms with E-state index < -0.39 is 0 Å². The van der Waals surface area contributed by atoms with Crippen molar-refractivity contribution in [2.75, 3.05) is 0 Å². The van der Waals surface area contributed by atoms with Gasteiger partial charge in [-0.2, -0.15) is 0 Å². The van der Waals surface area contributed by atoms with Crippen molar-refractivity contribution in [2.45, 2.75) is 6.92 Å². The quantitative estimate of drug-likeness (QED) is 0.582. The largest absolute Gasteiger partial charge is 0.289 e. The number of allylic oxidation sites excluding steroid dienone is 1. The SMILES string of the molecule is Cc1cccc(/C=C\C(=O)c2ccc(Cl)cc2)c1. The molecule has 2 aromatic rings. The topological polar surface area (TPSA) is 17.1 Å². The Bertz CT molecular complexity index is 582. The number of carbonyl (C=O) groups is 1. The van der Waals surface area contributed by atoms with Crippen LogP contribution in [0.1, 0.15) is 21.5 Å². The maximum atomic E-state index is 11.9. The van der Waals surface area contributed by atoms with Gasteiger partial charge >= 0.3 is 0 Å². The molecule has 0 aliphatic heterocycles. The Hall–Kier alpha value is -1.86. The van der Waals surface area contributed by atoms with Crippen molar-refractivity contribution >= 4 is 23.5 Å². The van der Waals surface area contributed by atoms with Crippen molar-refractivity contribution in [3.63, 3.8) is 0 Å². The molecule has 0 radical (unpaired) electrons. The van der Waals surface area contributed by atoms with Crippen LogP contribution in [0.25, 0.3) is 6.08 Å². The molecule has 0 spiro atoms. The van der Waals surface area contributed by atoms with Gasteiger partial charge in [0, 0.05) is 10.6 Å². The van der Waals surface area contributed by atoms with Crippen molar-refractivity contribution in [3.05, 3.63) is 76.3 Å². The van der Waals surface area contributed by atoms with Crippen molar-refractivity contribution in [1.82, 2.24) is 0 Å². The monoisotopic (exact) mass is 256 g/mol. The molecule has 1 nitrogen and oxygen atoms in total. The zero-order valence-corrected chi connectivity index (χ0v) is 10.8. The van der Waals surface area contributed by atoms with Crippen LogP contribution in [-0.2, 0) is 0 Å². The first kappa shape index (κ1) is 12.6. The predicted octanol–water partition coefficient (Wildman–Crippen LogP) is 4.54. The minimum absolute atomic E-state index is 0.0202. The van der Waals surface area contributed by atoms with E-state index in [-0.39, 0.29) is 5.78 Å². The van der Waals surface area contributed by atoms with E-state index in [9.17, 15) is 4.79 Å². The molecule has 2 aromatic carbocycles. The van der Waals surface area contributed by atoms with Crippen molar-refractivity contribution in [1.29, 1.82) is 0 Å². The second-order valence-corrected chi connectivity index (χ2v) is 4.56. The minimum atomic E-state index is -0.0202. The summed E-state index contributed by atoms with van der Waals surface area (Å²) in [5, 5.41) is 0.634. The zero-order valence-electron chi connectivity index (χ0n) is 10.1. The molecule has 0 bridgehead atoms. The van der Waals surface area contributed by atoms with E-state index in [1.54, 1.807) is 30.3 Å². The highest BCUT2D eigenvalue weighted by Gasteiger charge is 2.00. The van der Waals surface area contributed by atoms with E-state index in [0.717, 1.165) is 5.56 Å². The fourth-order valence-corrected chi connectivity index (χ4v) is 1.78. The van der Waals surface area contributed by atoms with Crippen molar-refractivity contribution in [2.24, 2.45) is 0 Å². The Kier molecular flexibility index (Phi) is 3.96. The van der Waals surface area contributed by atoms with Crippen LogP contribution in [0.2, 0.25) is 5.02 Å². The fourth-order valence-electron chi connectivity index (χ4n) is 1.66. The summed E-state index contributed by atoms with van der Waals surface area (Å²) in [5.74, 6) is -0.0202. The highest BCUT2D eigenvalue weighted by Crippen LogP contribution is 2.11. The van der Waals surface area contributed by atoms with Gasteiger partial charge in [-0.25, -0.2) is 0 Å². The number of halogens is 1. The van der Waals surface area contributed by atoms with Gasteiger partial charge in [0.2, 0.25) is 0 Å². The Labute approximate surface area is 112 Å². The third-order valence-electron chi connectivity index (χ3n) is 2.60. The average Bonchev–Trinajstić information content (AvgIpc) is 2.37. The number of hydrogen-bond acceptors (Lipinski definition) is 1. The summed E-state index contributed by atoms with van der Waals surface area (Å²) < 4.78 is 0. The van der Waals surface area contributed by atoms with Gasteiger partial charge < -0.3 is 0 Å². The molecule has 0 N–H and O–H groups in total. The van der Waals surface area contributed by atoms with Gasteiger partial charge in [0.25, 0.3) is 0 Å². The predicted molar refractivity (Wildman–Crippen MR) is 76.0 cm³/mol. The van der Waals surface area contributed by atoms with Gasteiger partial charge in [-0.3, -0.25) is 4.79 Å². The maximum absolute atomic E-state index is 11.9. The summed E-state index contributed by atoms with van der Waals surface area (Å²) in [7, 11) is 0. The summed E-state index contributed by atoms with van der Waals surface area (Å²) in [6, 6.07) is 14.9. The normalized spacial score (nSPS) is 10.8. The molecule has 0 aromatic heterocycles. The van der Waals surface area contributed by atoms with Crippen LogP contribution in [0.4, 0.5) is 0 Å². The molecule has 18 heavy (non-hydrogen) atoms. The molecular weight excluding hydrogens is 244 g/mol. The Morgan fingerprint density at radius 1 is 1.11 bits per heavy atom. The molecule has 2 rings (SSSR count). The first-order valence-electron chi connectivity index (χ1n) is 5.70. The first-order valence-corrected chi connectivity index (χ1v) is 6.07. The second kappa shape index (κ2) is 5.65. The van der Waals surface area contributed by atoms with Crippen LogP contribution in [0.5, 0.6) is 0 Å². The molecule has 0 fully saturated rings. The van der Waals surface area contributed by atoms with E-state index in [0.29, 0.717) is 10.6 Å². The van der Waals surface area contributed by atoms with Gasteiger partial charge in [0.05, 0.1) is 0 Å². The average molecular weight is 257 g/mol. The summed E-state index contributed by atoms with van der Waals surface area (Å²) in [5.41, 5.74) is 2.84. The number of benzene rings is 2. The van der Waals surface area contributed by atoms with Crippen LogP contribution >= 0.6 is 11.6 Å². The van der Waals surface area contributed by atoms with E-state index >= 15 is 0 Å². The highest BCUT2D eigenvalue weighted by molar-refractivity contribution is 6.30. The van der Waals surface area contributed by atoms with E-state index in [4.69, 9.17) is 11.6 Å². The number of ketones is 1. The van der Waals surface area contributed by atoms with Crippen molar-refractivity contribution < 1.29 is 4.79 Å². The Morgan fingerprint density at radius 2 is 1.83 bits per heavy atom. The molecule has 0 saturated carbocycles. The molecule has 2 heteroatoms. The standard InChI is InChI=1S/C16H13ClO/c1-12-3-2-4-13(11-12)5-10-16(18)14-6-8-15(17)9-7-14/h2-11H,1H3/b10-5-. The van der Waals surface area contributed by atoms with E-state index in [1.807, 2.05) is 37.3 Å². The highest BCUT2D eigenvalue weighted by atomic mass is 35.5. The molecule has 0 atom stereocenters. The lowest BCUT2D eigenvalue weighted by molar-refractivity contribution is 0.104. The Morgan fingerprint density at radius 3 is 2.50 bits per heavy atom. The summed E-state index contributed by atoms with van der Waals surface area (Å²) in [6.45, 7) is 2.03. The van der Waals surface area contributed by atoms with Crippen LogP contribution < -0.4 is 0 Å². The third-order valence-corrected chi connectivity index (χ3v) is 2.85. The lowest BCUT2D eigenvalue weighted by Crippen LogP contribution is -1.93. The molecule has 0 heterocycles. The number of aryl methyl sites for hydroxylation is 1. The van der Waals surface area contributed by atoms with Gasteiger partial charge in [-0.05, 0) is 42.8 Å². The van der Waals surface area contributed by atoms with E-state index in [1.165, 1.54) is 5.56 Å². The molecule has 0 saturated heterocycles. The maximum Gasteiger partial charge on any atom is 0.185 e. The fraction of sp³-hybridized carbons (Fsp3) is 0.0625. The van der Waals surface area contributed by atoms with Crippen LogP contribution in [0.15, 0.2) is 54.6 Å². The van der Waals surface area contributed by atoms with Crippen molar-refractivity contribution in [3.8, 4) is 0 Å². The zero-order chi connectivity index (χ0) is 13.0. The van der Waals surface area contributed by atoms with Gasteiger partial charge in [-0.15, -0.1) is 0 Å². The number of rotatable bonds is 3. The second-order valence-electron chi connectivity index (χ2n) is 4.12. The lowest BCUT2D eigenvalue weighted by atomic mass is 10.1. The third kappa shape index (κ3) is 3.31. The number of carbonyl (C=O) groups excluding carboxylic acids is 1. The first-order chi connectivity index (χ1) is 8.65. The molecule has 0 aliphatic carbocycles. The van der Waals surface area contributed by atoms with Crippen LogP contribution in [0.3, 0.4) is 0 Å².